The molecule has 15 heavy (non-hydrogen) atoms. The second-order valence-electron chi connectivity index (χ2n) is 5.53. The molecule has 1 saturated carbocycles. The molecule has 2 nitrogen and oxygen atoms in total. The Morgan fingerprint density at radius 1 is 1.13 bits per heavy atom. The van der Waals surface area contributed by atoms with Crippen LogP contribution in [-0.4, -0.2) is 29.6 Å². The lowest BCUT2D eigenvalue weighted by atomic mass is 9.78. The number of rotatable bonds is 2. The predicted octanol–water partition coefficient (Wildman–Crippen LogP) is 2.52. The van der Waals surface area contributed by atoms with Crippen LogP contribution in [0.3, 0.4) is 0 Å². The lowest BCUT2D eigenvalue weighted by molar-refractivity contribution is 0.00405. The van der Waals surface area contributed by atoms with Crippen LogP contribution in [0.5, 0.6) is 0 Å². The fourth-order valence-corrected chi connectivity index (χ4v) is 3.62. The molecule has 1 atom stereocenters. The van der Waals surface area contributed by atoms with Crippen LogP contribution in [-0.2, 0) is 0 Å². The Balaban J connectivity index is 2.08. The largest absolute Gasteiger partial charge is 0.329 e. The summed E-state index contributed by atoms with van der Waals surface area (Å²) in [5, 5.41) is 0. The van der Waals surface area contributed by atoms with Crippen LogP contribution in [0.15, 0.2) is 0 Å². The van der Waals surface area contributed by atoms with Crippen molar-refractivity contribution in [3.05, 3.63) is 0 Å². The molecule has 0 bridgehead atoms. The van der Waals surface area contributed by atoms with E-state index >= 15 is 0 Å². The standard InChI is InChI=1S/C13H26N2/c1-12-7-3-6-10-15(12)13(11-14)8-4-2-5-9-13/h12H,2-11,14H2,1H3. The van der Waals surface area contributed by atoms with Crippen molar-refractivity contribution in [1.82, 2.24) is 4.90 Å². The van der Waals surface area contributed by atoms with Gasteiger partial charge in [0.2, 0.25) is 0 Å². The second-order valence-corrected chi connectivity index (χ2v) is 5.53. The van der Waals surface area contributed by atoms with Gasteiger partial charge in [-0.3, -0.25) is 4.90 Å². The average Bonchev–Trinajstić information content (AvgIpc) is 2.30. The molecule has 0 radical (unpaired) electrons. The number of hydrogen-bond donors (Lipinski definition) is 1. The number of likely N-dealkylation sites (tertiary alicyclic amines) is 1. The second kappa shape index (κ2) is 4.84. The van der Waals surface area contributed by atoms with E-state index in [1.807, 2.05) is 0 Å². The molecule has 1 unspecified atom stereocenters. The summed E-state index contributed by atoms with van der Waals surface area (Å²) in [5.74, 6) is 0. The first kappa shape index (κ1) is 11.4. The molecule has 0 aromatic carbocycles. The van der Waals surface area contributed by atoms with Gasteiger partial charge in [-0.2, -0.15) is 0 Å². The maximum Gasteiger partial charge on any atom is 0.0334 e. The highest BCUT2D eigenvalue weighted by Gasteiger charge is 2.39. The van der Waals surface area contributed by atoms with Crippen LogP contribution in [0.4, 0.5) is 0 Å². The summed E-state index contributed by atoms with van der Waals surface area (Å²) in [6.45, 7) is 4.56. The van der Waals surface area contributed by atoms with Crippen LogP contribution in [0.1, 0.15) is 58.3 Å². The van der Waals surface area contributed by atoms with Crippen LogP contribution in [0.2, 0.25) is 0 Å². The minimum atomic E-state index is 0.373. The van der Waals surface area contributed by atoms with Crippen LogP contribution < -0.4 is 5.73 Å². The lowest BCUT2D eigenvalue weighted by Gasteiger charge is -2.50. The highest BCUT2D eigenvalue weighted by molar-refractivity contribution is 4.97. The van der Waals surface area contributed by atoms with Crippen molar-refractivity contribution < 1.29 is 0 Å². The van der Waals surface area contributed by atoms with E-state index in [0.717, 1.165) is 12.6 Å². The van der Waals surface area contributed by atoms with Crippen molar-refractivity contribution in [2.24, 2.45) is 5.73 Å². The number of hydrogen-bond acceptors (Lipinski definition) is 2. The van der Waals surface area contributed by atoms with Gasteiger partial charge in [0.05, 0.1) is 0 Å². The van der Waals surface area contributed by atoms with E-state index in [-0.39, 0.29) is 0 Å². The summed E-state index contributed by atoms with van der Waals surface area (Å²) in [5.41, 5.74) is 6.46. The molecule has 1 saturated heterocycles. The summed E-state index contributed by atoms with van der Waals surface area (Å²) in [6, 6.07) is 0.764. The zero-order chi connectivity index (χ0) is 10.7. The van der Waals surface area contributed by atoms with E-state index in [2.05, 4.69) is 11.8 Å². The molecule has 2 rings (SSSR count). The highest BCUT2D eigenvalue weighted by atomic mass is 15.2. The monoisotopic (exact) mass is 210 g/mol. The van der Waals surface area contributed by atoms with Gasteiger partial charge in [0.1, 0.15) is 0 Å². The normalized spacial score (nSPS) is 32.8. The topological polar surface area (TPSA) is 29.3 Å². The quantitative estimate of drug-likeness (QED) is 0.759. The van der Waals surface area contributed by atoms with Crippen molar-refractivity contribution in [3.63, 3.8) is 0 Å². The fourth-order valence-electron chi connectivity index (χ4n) is 3.62. The number of nitrogens with two attached hydrogens (primary N) is 1. The van der Waals surface area contributed by atoms with Gasteiger partial charge < -0.3 is 5.73 Å². The Morgan fingerprint density at radius 3 is 2.47 bits per heavy atom. The zero-order valence-corrected chi connectivity index (χ0v) is 10.2. The smallest absolute Gasteiger partial charge is 0.0334 e. The third kappa shape index (κ3) is 2.21. The van der Waals surface area contributed by atoms with Crippen molar-refractivity contribution in [3.8, 4) is 0 Å². The van der Waals surface area contributed by atoms with E-state index in [4.69, 9.17) is 5.73 Å². The summed E-state index contributed by atoms with van der Waals surface area (Å²) in [4.78, 5) is 2.75. The molecule has 1 aliphatic heterocycles. The third-order valence-corrected chi connectivity index (χ3v) is 4.58. The van der Waals surface area contributed by atoms with Crippen molar-refractivity contribution in [2.45, 2.75) is 69.9 Å². The molecule has 0 aromatic rings. The maximum atomic E-state index is 6.09. The molecule has 1 heterocycles. The maximum absolute atomic E-state index is 6.09. The first-order valence-electron chi connectivity index (χ1n) is 6.75. The van der Waals surface area contributed by atoms with Gasteiger partial charge in [0.15, 0.2) is 0 Å². The van der Waals surface area contributed by atoms with Crippen LogP contribution in [0.25, 0.3) is 0 Å². The summed E-state index contributed by atoms with van der Waals surface area (Å²) < 4.78 is 0. The fraction of sp³-hybridized carbons (Fsp3) is 1.00. The van der Waals surface area contributed by atoms with Gasteiger partial charge in [-0.1, -0.05) is 25.7 Å². The number of piperidine rings is 1. The summed E-state index contributed by atoms with van der Waals surface area (Å²) >= 11 is 0. The van der Waals surface area contributed by atoms with Gasteiger partial charge in [0, 0.05) is 18.1 Å². The van der Waals surface area contributed by atoms with Gasteiger partial charge >= 0.3 is 0 Å². The first-order chi connectivity index (χ1) is 7.28. The number of nitrogens with zero attached hydrogens (tertiary/aromatic N) is 1. The van der Waals surface area contributed by atoms with E-state index in [1.54, 1.807) is 0 Å². The van der Waals surface area contributed by atoms with E-state index in [1.165, 1.54) is 57.9 Å². The molecule has 88 valence electrons. The minimum Gasteiger partial charge on any atom is -0.329 e. The average molecular weight is 210 g/mol. The van der Waals surface area contributed by atoms with Gasteiger partial charge in [0.25, 0.3) is 0 Å². The third-order valence-electron chi connectivity index (χ3n) is 4.58. The molecular formula is C13H26N2. The molecule has 1 aliphatic carbocycles. The Hall–Kier alpha value is -0.0800. The van der Waals surface area contributed by atoms with Gasteiger partial charge in [-0.15, -0.1) is 0 Å². The van der Waals surface area contributed by atoms with E-state index in [0.29, 0.717) is 5.54 Å². The van der Waals surface area contributed by atoms with Crippen LogP contribution in [0, 0.1) is 0 Å². The summed E-state index contributed by atoms with van der Waals surface area (Å²) in [7, 11) is 0. The lowest BCUT2D eigenvalue weighted by Crippen LogP contribution is -2.59. The molecule has 2 fully saturated rings. The Bertz CT molecular complexity index is 197. The summed E-state index contributed by atoms with van der Waals surface area (Å²) in [6.07, 6.45) is 11.1. The Labute approximate surface area is 94.2 Å². The van der Waals surface area contributed by atoms with Crippen molar-refractivity contribution in [1.29, 1.82) is 0 Å². The molecule has 2 aliphatic rings. The van der Waals surface area contributed by atoms with E-state index in [9.17, 15) is 0 Å². The Kier molecular flexibility index (Phi) is 3.68. The zero-order valence-electron chi connectivity index (χ0n) is 10.2. The molecule has 0 aromatic heterocycles. The van der Waals surface area contributed by atoms with Crippen LogP contribution >= 0.6 is 0 Å². The molecule has 0 spiro atoms. The van der Waals surface area contributed by atoms with Crippen molar-refractivity contribution >= 4 is 0 Å². The van der Waals surface area contributed by atoms with Gasteiger partial charge in [-0.25, -0.2) is 0 Å². The molecule has 2 N–H and O–H groups in total. The van der Waals surface area contributed by atoms with Crippen molar-refractivity contribution in [2.75, 3.05) is 13.1 Å². The highest BCUT2D eigenvalue weighted by Crippen LogP contribution is 2.36. The Morgan fingerprint density at radius 2 is 1.87 bits per heavy atom. The molecule has 0 amide bonds. The molecule has 2 heteroatoms. The predicted molar refractivity (Wildman–Crippen MR) is 64.9 cm³/mol. The minimum absolute atomic E-state index is 0.373. The molecular weight excluding hydrogens is 184 g/mol. The van der Waals surface area contributed by atoms with Gasteiger partial charge in [-0.05, 0) is 39.2 Å². The van der Waals surface area contributed by atoms with E-state index < -0.39 is 0 Å². The first-order valence-corrected chi connectivity index (χ1v) is 6.75. The SMILES string of the molecule is CC1CCCCN1C1(CN)CCCCC1.